The van der Waals surface area contributed by atoms with Gasteiger partial charge >= 0.3 is 6.18 Å². The minimum absolute atomic E-state index is 0.260. The second-order valence-electron chi connectivity index (χ2n) is 4.19. The van der Waals surface area contributed by atoms with Crippen molar-refractivity contribution in [3.05, 3.63) is 65.2 Å². The number of hydrogen-bond donors (Lipinski definition) is 1. The van der Waals surface area contributed by atoms with Crippen molar-refractivity contribution >= 4 is 11.6 Å². The Bertz CT molecular complexity index is 717. The quantitative estimate of drug-likeness (QED) is 0.913. The van der Waals surface area contributed by atoms with Crippen LogP contribution in [0.3, 0.4) is 0 Å². The second-order valence-corrected chi connectivity index (χ2v) is 4.19. The number of hydrogen-bond acceptors (Lipinski definition) is 2. The van der Waals surface area contributed by atoms with Crippen LogP contribution in [0.5, 0.6) is 0 Å². The van der Waals surface area contributed by atoms with Crippen LogP contribution in [0.2, 0.25) is 0 Å². The lowest BCUT2D eigenvalue weighted by atomic mass is 10.1. The normalized spacial score (nSPS) is 10.8. The summed E-state index contributed by atoms with van der Waals surface area (Å²) >= 11 is 0. The zero-order chi connectivity index (χ0) is 15.5. The number of alkyl halides is 3. The molecule has 0 spiro atoms. The van der Waals surface area contributed by atoms with Gasteiger partial charge in [0.25, 0.3) is 5.91 Å². The number of rotatable bonds is 2. The summed E-state index contributed by atoms with van der Waals surface area (Å²) in [5, 5.41) is 11.1. The molecule has 21 heavy (non-hydrogen) atoms. The van der Waals surface area contributed by atoms with Crippen molar-refractivity contribution in [3.63, 3.8) is 0 Å². The summed E-state index contributed by atoms with van der Waals surface area (Å²) < 4.78 is 38.5. The first kappa shape index (κ1) is 14.6. The summed E-state index contributed by atoms with van der Waals surface area (Å²) in [6.07, 6.45) is -4.61. The van der Waals surface area contributed by atoms with Gasteiger partial charge in [-0.05, 0) is 30.3 Å². The maximum atomic E-state index is 12.8. The molecule has 0 saturated carbocycles. The third-order valence-electron chi connectivity index (χ3n) is 2.73. The van der Waals surface area contributed by atoms with Gasteiger partial charge in [0.15, 0.2) is 0 Å². The van der Waals surface area contributed by atoms with E-state index in [-0.39, 0.29) is 5.69 Å². The standard InChI is InChI=1S/C15H9F3N2O/c16-15(17,18)13-7-2-1-6-12(13)14(21)20-11-5-3-4-10(8-11)9-19/h1-8H,(H,20,21). The number of nitriles is 1. The molecule has 0 saturated heterocycles. The number of nitrogens with one attached hydrogen (secondary N) is 1. The van der Waals surface area contributed by atoms with Gasteiger partial charge < -0.3 is 5.32 Å². The lowest BCUT2D eigenvalue weighted by Crippen LogP contribution is -2.18. The second kappa shape index (κ2) is 5.67. The van der Waals surface area contributed by atoms with Crippen LogP contribution in [-0.2, 0) is 6.18 Å². The number of nitrogens with zero attached hydrogens (tertiary/aromatic N) is 1. The first-order valence-electron chi connectivity index (χ1n) is 5.89. The predicted molar refractivity (Wildman–Crippen MR) is 70.6 cm³/mol. The molecule has 2 rings (SSSR count). The highest BCUT2D eigenvalue weighted by Crippen LogP contribution is 2.32. The molecule has 0 aromatic heterocycles. The SMILES string of the molecule is N#Cc1cccc(NC(=O)c2ccccc2C(F)(F)F)c1. The van der Waals surface area contributed by atoms with E-state index in [2.05, 4.69) is 5.32 Å². The van der Waals surface area contributed by atoms with E-state index in [1.165, 1.54) is 36.4 Å². The monoisotopic (exact) mass is 290 g/mol. The molecule has 0 aliphatic rings. The molecule has 1 amide bonds. The molecule has 0 unspecified atom stereocenters. The number of anilines is 1. The van der Waals surface area contributed by atoms with E-state index in [9.17, 15) is 18.0 Å². The van der Waals surface area contributed by atoms with Crippen molar-refractivity contribution in [2.45, 2.75) is 6.18 Å². The fourth-order valence-corrected chi connectivity index (χ4v) is 1.79. The molecule has 6 heteroatoms. The lowest BCUT2D eigenvalue weighted by molar-refractivity contribution is -0.137. The smallest absolute Gasteiger partial charge is 0.322 e. The molecule has 3 nitrogen and oxygen atoms in total. The Labute approximate surface area is 118 Å². The molecule has 0 aliphatic carbocycles. The maximum Gasteiger partial charge on any atom is 0.417 e. The van der Waals surface area contributed by atoms with E-state index in [0.717, 1.165) is 12.1 Å². The molecule has 106 valence electrons. The topological polar surface area (TPSA) is 52.9 Å². The minimum atomic E-state index is -4.61. The van der Waals surface area contributed by atoms with Crippen LogP contribution in [-0.4, -0.2) is 5.91 Å². The Morgan fingerprint density at radius 3 is 2.48 bits per heavy atom. The highest BCUT2D eigenvalue weighted by Gasteiger charge is 2.34. The molecule has 0 atom stereocenters. The van der Waals surface area contributed by atoms with Gasteiger partial charge in [-0.1, -0.05) is 18.2 Å². The van der Waals surface area contributed by atoms with Gasteiger partial charge in [-0.15, -0.1) is 0 Å². The van der Waals surface area contributed by atoms with Crippen LogP contribution in [0.4, 0.5) is 18.9 Å². The summed E-state index contributed by atoms with van der Waals surface area (Å²) in [7, 11) is 0. The minimum Gasteiger partial charge on any atom is -0.322 e. The van der Waals surface area contributed by atoms with Crippen LogP contribution in [0.25, 0.3) is 0 Å². The molecule has 0 fully saturated rings. The molecular formula is C15H9F3N2O. The highest BCUT2D eigenvalue weighted by molar-refractivity contribution is 6.05. The number of halogens is 3. The van der Waals surface area contributed by atoms with E-state index in [0.29, 0.717) is 5.56 Å². The first-order valence-corrected chi connectivity index (χ1v) is 5.89. The van der Waals surface area contributed by atoms with Crippen LogP contribution in [0.1, 0.15) is 21.5 Å². The largest absolute Gasteiger partial charge is 0.417 e. The molecule has 0 heterocycles. The third kappa shape index (κ3) is 3.39. The molecule has 2 aromatic rings. The number of carbonyl (C=O) groups is 1. The maximum absolute atomic E-state index is 12.8. The Morgan fingerprint density at radius 1 is 1.10 bits per heavy atom. The van der Waals surface area contributed by atoms with Crippen molar-refractivity contribution in [2.24, 2.45) is 0 Å². The molecule has 1 N–H and O–H groups in total. The molecular weight excluding hydrogens is 281 g/mol. The van der Waals surface area contributed by atoms with Gasteiger partial charge in [0.1, 0.15) is 0 Å². The number of carbonyl (C=O) groups excluding carboxylic acids is 1. The van der Waals surface area contributed by atoms with Crippen LogP contribution in [0.15, 0.2) is 48.5 Å². The summed E-state index contributed by atoms with van der Waals surface area (Å²) in [6.45, 7) is 0. The van der Waals surface area contributed by atoms with E-state index >= 15 is 0 Å². The van der Waals surface area contributed by atoms with Gasteiger partial charge in [-0.3, -0.25) is 4.79 Å². The van der Waals surface area contributed by atoms with E-state index < -0.39 is 23.2 Å². The van der Waals surface area contributed by atoms with Crippen molar-refractivity contribution in [3.8, 4) is 6.07 Å². The van der Waals surface area contributed by atoms with E-state index in [4.69, 9.17) is 5.26 Å². The van der Waals surface area contributed by atoms with Crippen LogP contribution < -0.4 is 5.32 Å². The molecule has 0 aliphatic heterocycles. The van der Waals surface area contributed by atoms with Crippen molar-refractivity contribution < 1.29 is 18.0 Å². The zero-order valence-corrected chi connectivity index (χ0v) is 10.6. The van der Waals surface area contributed by atoms with E-state index in [1.54, 1.807) is 0 Å². The Kier molecular flexibility index (Phi) is 3.94. The molecule has 0 radical (unpaired) electrons. The summed E-state index contributed by atoms with van der Waals surface area (Å²) in [5.41, 5.74) is -0.903. The number of benzene rings is 2. The number of amides is 1. The Hall–Kier alpha value is -2.81. The highest BCUT2D eigenvalue weighted by atomic mass is 19.4. The summed E-state index contributed by atoms with van der Waals surface area (Å²) in [5.74, 6) is -0.877. The van der Waals surface area contributed by atoms with E-state index in [1.807, 2.05) is 6.07 Å². The van der Waals surface area contributed by atoms with Crippen molar-refractivity contribution in [2.75, 3.05) is 5.32 Å². The fourth-order valence-electron chi connectivity index (χ4n) is 1.79. The van der Waals surface area contributed by atoms with Crippen LogP contribution in [0, 0.1) is 11.3 Å². The third-order valence-corrected chi connectivity index (χ3v) is 2.73. The van der Waals surface area contributed by atoms with Crippen LogP contribution >= 0.6 is 0 Å². The zero-order valence-electron chi connectivity index (χ0n) is 10.6. The summed E-state index contributed by atoms with van der Waals surface area (Å²) in [4.78, 5) is 12.0. The molecule has 0 bridgehead atoms. The van der Waals surface area contributed by atoms with Gasteiger partial charge in [-0.2, -0.15) is 18.4 Å². The summed E-state index contributed by atoms with van der Waals surface area (Å²) in [6, 6.07) is 12.3. The Morgan fingerprint density at radius 2 is 1.81 bits per heavy atom. The fraction of sp³-hybridized carbons (Fsp3) is 0.0667. The Balaban J connectivity index is 2.31. The predicted octanol–water partition coefficient (Wildman–Crippen LogP) is 3.83. The lowest BCUT2D eigenvalue weighted by Gasteiger charge is -2.12. The van der Waals surface area contributed by atoms with Gasteiger partial charge in [0.2, 0.25) is 0 Å². The average Bonchev–Trinajstić information content (AvgIpc) is 2.46. The molecule has 2 aromatic carbocycles. The van der Waals surface area contributed by atoms with Gasteiger partial charge in [0.05, 0.1) is 22.8 Å². The first-order chi connectivity index (χ1) is 9.91. The average molecular weight is 290 g/mol. The van der Waals surface area contributed by atoms with Gasteiger partial charge in [-0.25, -0.2) is 0 Å². The van der Waals surface area contributed by atoms with Gasteiger partial charge in [0, 0.05) is 5.69 Å². The van der Waals surface area contributed by atoms with Crippen molar-refractivity contribution in [1.82, 2.24) is 0 Å². The van der Waals surface area contributed by atoms with Crippen molar-refractivity contribution in [1.29, 1.82) is 5.26 Å².